The SMILES string of the molecule is O=C(O)COc1ccc(SCC=C(c2ccc(-c3ccc(C(F)(F)F)cc3)cc2)c2ccc(-c3ccc(C(F)(F)F)cc3)cc2)cc1. The van der Waals surface area contributed by atoms with Crippen molar-refractivity contribution in [2.75, 3.05) is 12.4 Å². The lowest BCUT2D eigenvalue weighted by molar-refractivity contribution is -0.139. The smallest absolute Gasteiger partial charge is 0.416 e. The quantitative estimate of drug-likeness (QED) is 0.119. The molecule has 0 aromatic heterocycles. The van der Waals surface area contributed by atoms with Crippen LogP contribution in [0.5, 0.6) is 5.75 Å². The summed E-state index contributed by atoms with van der Waals surface area (Å²) in [6.45, 7) is -0.437. The average molecular weight is 665 g/mol. The molecule has 0 aliphatic carbocycles. The summed E-state index contributed by atoms with van der Waals surface area (Å²) < 4.78 is 83.3. The summed E-state index contributed by atoms with van der Waals surface area (Å²) in [6, 6.07) is 31.9. The van der Waals surface area contributed by atoms with Gasteiger partial charge in [-0.15, -0.1) is 11.8 Å². The molecule has 0 fully saturated rings. The number of carboxylic acids is 1. The second-order valence-electron chi connectivity index (χ2n) is 10.4. The van der Waals surface area contributed by atoms with Crippen molar-refractivity contribution in [2.24, 2.45) is 0 Å². The average Bonchev–Trinajstić information content (AvgIpc) is 3.06. The van der Waals surface area contributed by atoms with Crippen LogP contribution in [0.1, 0.15) is 22.3 Å². The van der Waals surface area contributed by atoms with Crippen molar-refractivity contribution in [3.8, 4) is 28.0 Å². The number of alkyl halides is 6. The highest BCUT2D eigenvalue weighted by atomic mass is 32.2. The highest BCUT2D eigenvalue weighted by molar-refractivity contribution is 7.99. The van der Waals surface area contributed by atoms with Crippen molar-refractivity contribution >= 4 is 23.3 Å². The zero-order valence-corrected chi connectivity index (χ0v) is 25.3. The molecule has 3 nitrogen and oxygen atoms in total. The van der Waals surface area contributed by atoms with E-state index < -0.39 is 36.1 Å². The number of halogens is 6. The molecule has 240 valence electrons. The number of ether oxygens (including phenoxy) is 1. The van der Waals surface area contributed by atoms with Crippen LogP contribution in [-0.4, -0.2) is 23.4 Å². The van der Waals surface area contributed by atoms with Crippen molar-refractivity contribution in [2.45, 2.75) is 17.2 Å². The van der Waals surface area contributed by atoms with Crippen LogP contribution in [0.25, 0.3) is 27.8 Å². The fourth-order valence-corrected chi connectivity index (χ4v) is 5.56. The molecule has 0 unspecified atom stereocenters. The third-order valence-corrected chi connectivity index (χ3v) is 8.15. The zero-order chi connectivity index (χ0) is 33.6. The van der Waals surface area contributed by atoms with Gasteiger partial charge in [-0.3, -0.25) is 0 Å². The predicted octanol–water partition coefficient (Wildman–Crippen LogP) is 10.7. The number of hydrogen-bond acceptors (Lipinski definition) is 3. The Balaban J connectivity index is 1.39. The third-order valence-electron chi connectivity index (χ3n) is 7.21. The Morgan fingerprint density at radius 3 is 1.34 bits per heavy atom. The van der Waals surface area contributed by atoms with Gasteiger partial charge >= 0.3 is 18.3 Å². The Hall–Kier alpha value is -4.96. The molecule has 5 rings (SSSR count). The molecule has 5 aromatic carbocycles. The predicted molar refractivity (Wildman–Crippen MR) is 171 cm³/mol. The molecule has 0 amide bonds. The van der Waals surface area contributed by atoms with Gasteiger partial charge in [0.1, 0.15) is 5.75 Å². The molecule has 0 heterocycles. The molecule has 0 spiro atoms. The van der Waals surface area contributed by atoms with E-state index in [0.717, 1.165) is 57.0 Å². The van der Waals surface area contributed by atoms with Crippen LogP contribution in [0.15, 0.2) is 132 Å². The standard InChI is InChI=1S/C37H26F6O3S/c38-36(39,40)30-13-9-26(10-14-30)24-1-5-28(6-2-24)34(21-22-47-33-19-17-32(18-20-33)46-23-35(44)45)29-7-3-25(4-8-29)27-11-15-31(16-12-27)37(41,42)43/h1-21H,22-23H2,(H,44,45). The van der Waals surface area contributed by atoms with Gasteiger partial charge in [0.25, 0.3) is 0 Å². The van der Waals surface area contributed by atoms with Gasteiger partial charge in [0.2, 0.25) is 0 Å². The minimum atomic E-state index is -4.42. The fraction of sp³-hybridized carbons (Fsp3) is 0.108. The lowest BCUT2D eigenvalue weighted by Crippen LogP contribution is -2.09. The highest BCUT2D eigenvalue weighted by Gasteiger charge is 2.30. The van der Waals surface area contributed by atoms with Crippen LogP contribution in [0, 0.1) is 0 Å². The lowest BCUT2D eigenvalue weighted by Gasteiger charge is -2.13. The number of aliphatic carboxylic acids is 1. The molecule has 0 radical (unpaired) electrons. The number of thioether (sulfide) groups is 1. The monoisotopic (exact) mass is 664 g/mol. The van der Waals surface area contributed by atoms with Crippen LogP contribution >= 0.6 is 11.8 Å². The first-order valence-electron chi connectivity index (χ1n) is 14.2. The normalized spacial score (nSPS) is 11.6. The van der Waals surface area contributed by atoms with E-state index in [1.54, 1.807) is 23.9 Å². The fourth-order valence-electron chi connectivity index (χ4n) is 4.79. The molecule has 10 heteroatoms. The Kier molecular flexibility index (Phi) is 10.1. The van der Waals surface area contributed by atoms with Gasteiger partial charge in [0.15, 0.2) is 6.61 Å². The minimum absolute atomic E-state index is 0.437. The van der Waals surface area contributed by atoms with E-state index >= 15 is 0 Å². The van der Waals surface area contributed by atoms with Crippen LogP contribution in [0.2, 0.25) is 0 Å². The molecular weight excluding hydrogens is 638 g/mol. The van der Waals surface area contributed by atoms with Crippen molar-refractivity contribution in [1.29, 1.82) is 0 Å². The summed E-state index contributed by atoms with van der Waals surface area (Å²) in [5, 5.41) is 8.79. The van der Waals surface area contributed by atoms with Gasteiger partial charge in [-0.05, 0) is 87.5 Å². The summed E-state index contributed by atoms with van der Waals surface area (Å²) in [4.78, 5) is 11.7. The molecule has 0 saturated carbocycles. The molecule has 1 N–H and O–H groups in total. The molecular formula is C37H26F6O3S. The number of benzene rings is 5. The van der Waals surface area contributed by atoms with Crippen molar-refractivity contribution in [3.05, 3.63) is 150 Å². The van der Waals surface area contributed by atoms with Gasteiger partial charge in [-0.25, -0.2) is 4.79 Å². The van der Waals surface area contributed by atoms with E-state index in [9.17, 15) is 31.1 Å². The number of carboxylic acid groups (broad SMARTS) is 1. The first-order chi connectivity index (χ1) is 22.4. The Bertz CT molecular complexity index is 1720. The first-order valence-corrected chi connectivity index (χ1v) is 15.2. The Morgan fingerprint density at radius 2 is 0.979 bits per heavy atom. The molecule has 0 aliphatic heterocycles. The lowest BCUT2D eigenvalue weighted by atomic mass is 9.93. The zero-order valence-electron chi connectivity index (χ0n) is 24.5. The highest BCUT2D eigenvalue weighted by Crippen LogP contribution is 2.34. The second kappa shape index (κ2) is 14.2. The third kappa shape index (κ3) is 8.86. The number of hydrogen-bond donors (Lipinski definition) is 1. The van der Waals surface area contributed by atoms with Gasteiger partial charge < -0.3 is 9.84 Å². The topological polar surface area (TPSA) is 46.5 Å². The summed E-state index contributed by atoms with van der Waals surface area (Å²) in [5.41, 5.74) is 3.95. The van der Waals surface area contributed by atoms with Crippen LogP contribution in [-0.2, 0) is 17.1 Å². The van der Waals surface area contributed by atoms with E-state index in [1.165, 1.54) is 24.3 Å². The van der Waals surface area contributed by atoms with Gasteiger partial charge in [-0.1, -0.05) is 78.9 Å². The molecule has 47 heavy (non-hydrogen) atoms. The molecule has 0 aliphatic rings. The van der Waals surface area contributed by atoms with Crippen LogP contribution in [0.3, 0.4) is 0 Å². The van der Waals surface area contributed by atoms with Gasteiger partial charge in [0, 0.05) is 10.6 Å². The second-order valence-corrected chi connectivity index (χ2v) is 11.5. The largest absolute Gasteiger partial charge is 0.482 e. The number of rotatable bonds is 10. The summed E-state index contributed by atoms with van der Waals surface area (Å²) in [5.74, 6) is -0.0680. The Morgan fingerprint density at radius 1 is 0.596 bits per heavy atom. The first kappa shape index (κ1) is 33.4. The maximum atomic E-state index is 13.0. The molecule has 5 aromatic rings. The van der Waals surface area contributed by atoms with Crippen LogP contribution in [0.4, 0.5) is 26.3 Å². The Labute approximate surface area is 271 Å². The maximum absolute atomic E-state index is 13.0. The summed E-state index contributed by atoms with van der Waals surface area (Å²) in [7, 11) is 0. The van der Waals surface area contributed by atoms with Crippen LogP contribution < -0.4 is 4.74 Å². The minimum Gasteiger partial charge on any atom is -0.482 e. The number of carbonyl (C=O) groups is 1. The van der Waals surface area contributed by atoms with Crippen molar-refractivity contribution in [3.63, 3.8) is 0 Å². The van der Waals surface area contributed by atoms with E-state index in [0.29, 0.717) is 22.6 Å². The van der Waals surface area contributed by atoms with E-state index in [-0.39, 0.29) is 0 Å². The van der Waals surface area contributed by atoms with Crippen molar-refractivity contribution < 1.29 is 41.0 Å². The molecule has 0 bridgehead atoms. The maximum Gasteiger partial charge on any atom is 0.416 e. The van der Waals surface area contributed by atoms with Gasteiger partial charge in [-0.2, -0.15) is 26.3 Å². The van der Waals surface area contributed by atoms with Gasteiger partial charge in [0.05, 0.1) is 11.1 Å². The van der Waals surface area contributed by atoms with E-state index in [1.807, 2.05) is 66.7 Å². The van der Waals surface area contributed by atoms with Crippen molar-refractivity contribution in [1.82, 2.24) is 0 Å². The molecule has 0 saturated heterocycles. The summed E-state index contributed by atoms with van der Waals surface area (Å²) in [6.07, 6.45) is -6.80. The molecule has 0 atom stereocenters. The summed E-state index contributed by atoms with van der Waals surface area (Å²) >= 11 is 1.55. The van der Waals surface area contributed by atoms with E-state index in [4.69, 9.17) is 9.84 Å². The van der Waals surface area contributed by atoms with E-state index in [2.05, 4.69) is 0 Å².